The van der Waals surface area contributed by atoms with Crippen LogP contribution in [-0.2, 0) is 30.8 Å². The maximum atomic E-state index is 14.0. The summed E-state index contributed by atoms with van der Waals surface area (Å²) in [7, 11) is 0.886. The van der Waals surface area contributed by atoms with E-state index in [1.165, 1.54) is 23.2 Å². The fraction of sp³-hybridized carbons (Fsp3) is 0.242. The van der Waals surface area contributed by atoms with E-state index in [1.54, 1.807) is 66.7 Å². The Morgan fingerprint density at radius 1 is 0.957 bits per heavy atom. The number of esters is 1. The highest BCUT2D eigenvalue weighted by molar-refractivity contribution is 8.00. The summed E-state index contributed by atoms with van der Waals surface area (Å²) >= 11 is 13.6. The predicted molar refractivity (Wildman–Crippen MR) is 187 cm³/mol. The molecule has 1 aliphatic heterocycles. The minimum Gasteiger partial charge on any atom is -0.467 e. The van der Waals surface area contributed by atoms with Crippen LogP contribution in [0.4, 0.5) is 11.4 Å². The molecule has 2 amide bonds. The number of benzene rings is 4. The number of hydrogen-bond donors (Lipinski definition) is 2. The summed E-state index contributed by atoms with van der Waals surface area (Å²) < 4.78 is 34.2. The number of nitrogens with zero attached hydrogens (tertiary/aromatic N) is 2. The molecule has 1 fully saturated rings. The molecule has 2 atom stereocenters. The van der Waals surface area contributed by atoms with Gasteiger partial charge in [-0.25, -0.2) is 13.2 Å². The highest BCUT2D eigenvalue weighted by atomic mass is 35.5. The molecule has 4 aromatic rings. The van der Waals surface area contributed by atoms with Crippen molar-refractivity contribution < 1.29 is 27.5 Å². The number of halogens is 2. The summed E-state index contributed by atoms with van der Waals surface area (Å²) in [6.07, 6.45) is 0.0617. The van der Waals surface area contributed by atoms with Crippen LogP contribution in [0.5, 0.6) is 0 Å². The summed E-state index contributed by atoms with van der Waals surface area (Å²) in [5.41, 5.74) is 2.13. The Balaban J connectivity index is 1.32. The number of nitrogens with one attached hydrogen (secondary N) is 2. The first-order chi connectivity index (χ1) is 22.4. The number of sulfonamides is 1. The zero-order valence-corrected chi connectivity index (χ0v) is 28.8. The molecule has 0 aliphatic carbocycles. The molecule has 2 N–H and O–H groups in total. The third-order valence-corrected chi connectivity index (χ3v) is 11.4. The van der Waals surface area contributed by atoms with E-state index in [0.717, 1.165) is 11.1 Å². The highest BCUT2D eigenvalue weighted by Crippen LogP contribution is 2.35. The van der Waals surface area contributed by atoms with E-state index in [2.05, 4.69) is 10.6 Å². The number of hydrogen-bond acceptors (Lipinski definition) is 8. The fourth-order valence-electron chi connectivity index (χ4n) is 5.35. The second kappa shape index (κ2) is 14.5. The number of methoxy groups -OCH3 is 1. The molecule has 47 heavy (non-hydrogen) atoms. The van der Waals surface area contributed by atoms with E-state index < -0.39 is 39.9 Å². The lowest BCUT2D eigenvalue weighted by Gasteiger charge is -2.25. The summed E-state index contributed by atoms with van der Waals surface area (Å²) in [6, 6.07) is 19.9. The van der Waals surface area contributed by atoms with Gasteiger partial charge in [0.2, 0.25) is 15.9 Å². The van der Waals surface area contributed by atoms with Crippen molar-refractivity contribution in [2.24, 2.45) is 0 Å². The minimum absolute atomic E-state index is 0.0617. The van der Waals surface area contributed by atoms with Gasteiger partial charge in [-0.15, -0.1) is 11.8 Å². The lowest BCUT2D eigenvalue weighted by molar-refractivity contribution is -0.145. The normalized spacial score (nSPS) is 15.6. The zero-order chi connectivity index (χ0) is 33.9. The van der Waals surface area contributed by atoms with Crippen molar-refractivity contribution in [3.63, 3.8) is 0 Å². The van der Waals surface area contributed by atoms with Crippen LogP contribution in [0.1, 0.15) is 15.9 Å². The van der Waals surface area contributed by atoms with Gasteiger partial charge in [0.15, 0.2) is 0 Å². The Morgan fingerprint density at radius 2 is 1.60 bits per heavy atom. The number of fused-ring (bicyclic) bond motifs is 1. The van der Waals surface area contributed by atoms with Gasteiger partial charge in [0.25, 0.3) is 5.91 Å². The lowest BCUT2D eigenvalue weighted by atomic mass is 10.0. The molecule has 0 spiro atoms. The number of carbonyl (C=O) groups is 3. The van der Waals surface area contributed by atoms with Crippen molar-refractivity contribution in [1.29, 1.82) is 0 Å². The van der Waals surface area contributed by atoms with Gasteiger partial charge in [-0.05, 0) is 42.0 Å². The highest BCUT2D eigenvalue weighted by Gasteiger charge is 2.41. The quantitative estimate of drug-likeness (QED) is 0.209. The van der Waals surface area contributed by atoms with Crippen molar-refractivity contribution in [2.45, 2.75) is 23.4 Å². The van der Waals surface area contributed by atoms with Crippen molar-refractivity contribution in [3.05, 3.63) is 100 Å². The first-order valence-electron chi connectivity index (χ1n) is 14.4. The third kappa shape index (κ3) is 7.37. The summed E-state index contributed by atoms with van der Waals surface area (Å²) in [6.45, 7) is 0. The predicted octanol–water partition coefficient (Wildman–Crippen LogP) is 5.43. The van der Waals surface area contributed by atoms with Crippen molar-refractivity contribution in [1.82, 2.24) is 9.62 Å². The molecule has 0 bridgehead atoms. The molecular formula is C33H32Cl2N4O6S2. The Hall–Kier alpha value is -3.81. The maximum absolute atomic E-state index is 14.0. The van der Waals surface area contributed by atoms with Crippen LogP contribution in [0.3, 0.4) is 0 Å². The molecule has 246 valence electrons. The van der Waals surface area contributed by atoms with E-state index in [1.807, 2.05) is 31.1 Å². The van der Waals surface area contributed by atoms with Crippen LogP contribution in [0, 0.1) is 0 Å². The van der Waals surface area contributed by atoms with Gasteiger partial charge in [-0.2, -0.15) is 4.31 Å². The Labute approximate surface area is 287 Å². The average molecular weight is 716 g/mol. The fourth-order valence-corrected chi connectivity index (χ4v) is 9.27. The van der Waals surface area contributed by atoms with Gasteiger partial charge < -0.3 is 20.3 Å². The first kappa shape index (κ1) is 34.5. The number of thioether (sulfide) groups is 1. The lowest BCUT2D eigenvalue weighted by Crippen LogP contribution is -2.52. The van der Waals surface area contributed by atoms with Crippen molar-refractivity contribution in [3.8, 4) is 0 Å². The molecule has 10 nitrogen and oxygen atoms in total. The van der Waals surface area contributed by atoms with Crippen LogP contribution in [0.15, 0.2) is 83.8 Å². The Bertz CT molecular complexity index is 1920. The van der Waals surface area contributed by atoms with Crippen molar-refractivity contribution >= 4 is 84.9 Å². The minimum atomic E-state index is -4.10. The SMILES string of the molecule is COC(=O)[C@H](Cc1ccc(NC(=O)c2c(Cl)cccc2Cl)cc1)NC(=O)C1CSCN1S(=O)(=O)c1cccc2c(N(C)C)cccc12. The molecule has 0 radical (unpaired) electrons. The zero-order valence-electron chi connectivity index (χ0n) is 25.7. The molecule has 1 unspecified atom stereocenters. The molecule has 1 aliphatic rings. The van der Waals surface area contributed by atoms with Crippen LogP contribution < -0.4 is 15.5 Å². The summed E-state index contributed by atoms with van der Waals surface area (Å²) in [5, 5.41) is 7.21. The van der Waals surface area contributed by atoms with E-state index in [4.69, 9.17) is 27.9 Å². The smallest absolute Gasteiger partial charge is 0.328 e. The van der Waals surface area contributed by atoms with Crippen LogP contribution in [0.25, 0.3) is 10.8 Å². The van der Waals surface area contributed by atoms with Gasteiger partial charge in [0.1, 0.15) is 12.1 Å². The molecule has 0 aromatic heterocycles. The topological polar surface area (TPSA) is 125 Å². The second-order valence-electron chi connectivity index (χ2n) is 11.0. The third-order valence-electron chi connectivity index (χ3n) is 7.72. The van der Waals surface area contributed by atoms with Gasteiger partial charge in [-0.3, -0.25) is 9.59 Å². The molecule has 1 saturated heterocycles. The number of carbonyl (C=O) groups excluding carboxylic acids is 3. The van der Waals surface area contributed by atoms with E-state index in [-0.39, 0.29) is 38.6 Å². The van der Waals surface area contributed by atoms with Crippen molar-refractivity contribution in [2.75, 3.05) is 43.1 Å². The number of anilines is 2. The molecule has 1 heterocycles. The standard InChI is InChI=1S/C33H32Cl2N4O6S2/c1-38(2)27-11-4-8-23-22(27)7-5-12-29(23)47(43,44)39-19-46-18-28(39)31(40)37-26(33(42)45-3)17-20-13-15-21(16-14-20)36-32(41)30-24(34)9-6-10-25(30)35/h4-16,26,28H,17-19H2,1-3H3,(H,36,41)(H,37,40)/t26-,28?/m0/s1. The number of rotatable bonds is 10. The van der Waals surface area contributed by atoms with E-state index >= 15 is 0 Å². The van der Waals surface area contributed by atoms with E-state index in [0.29, 0.717) is 16.6 Å². The molecule has 5 rings (SSSR count). The van der Waals surface area contributed by atoms with Gasteiger partial charge in [0.05, 0.1) is 33.5 Å². The largest absolute Gasteiger partial charge is 0.467 e. The van der Waals surface area contributed by atoms with Crippen LogP contribution in [0.2, 0.25) is 10.0 Å². The first-order valence-corrected chi connectivity index (χ1v) is 17.8. The van der Waals surface area contributed by atoms with Gasteiger partial charge in [0, 0.05) is 48.4 Å². The maximum Gasteiger partial charge on any atom is 0.328 e. The van der Waals surface area contributed by atoms with Gasteiger partial charge in [-0.1, -0.05) is 65.7 Å². The van der Waals surface area contributed by atoms with Crippen LogP contribution in [-0.4, -0.2) is 75.4 Å². The Kier molecular flexibility index (Phi) is 10.7. The van der Waals surface area contributed by atoms with E-state index in [9.17, 15) is 22.8 Å². The summed E-state index contributed by atoms with van der Waals surface area (Å²) in [4.78, 5) is 41.1. The second-order valence-corrected chi connectivity index (χ2v) is 14.6. The molecular weight excluding hydrogens is 683 g/mol. The van der Waals surface area contributed by atoms with Gasteiger partial charge >= 0.3 is 5.97 Å². The monoisotopic (exact) mass is 714 g/mol. The Morgan fingerprint density at radius 3 is 2.26 bits per heavy atom. The average Bonchev–Trinajstić information content (AvgIpc) is 3.56. The molecule has 4 aromatic carbocycles. The van der Waals surface area contributed by atoms with Crippen LogP contribution >= 0.6 is 35.0 Å². The number of amides is 2. The molecule has 14 heteroatoms. The summed E-state index contributed by atoms with van der Waals surface area (Å²) in [5.74, 6) is -1.47. The molecule has 0 saturated carbocycles. The number of ether oxygens (including phenoxy) is 1.